The third kappa shape index (κ3) is 1.86. The van der Waals surface area contributed by atoms with E-state index in [0.717, 1.165) is 23.9 Å². The number of non-ortho nitro benzene ring substituents is 1. The van der Waals surface area contributed by atoms with Crippen molar-refractivity contribution in [3.8, 4) is 0 Å². The van der Waals surface area contributed by atoms with Crippen LogP contribution in [-0.2, 0) is 0 Å². The highest BCUT2D eigenvalue weighted by Crippen LogP contribution is 2.46. The molecule has 1 saturated carbocycles. The van der Waals surface area contributed by atoms with Crippen molar-refractivity contribution in [2.24, 2.45) is 5.92 Å². The lowest BCUT2D eigenvalue weighted by molar-refractivity contribution is -0.383. The molecule has 1 aromatic carbocycles. The van der Waals surface area contributed by atoms with Gasteiger partial charge in [0.1, 0.15) is 11.1 Å². The van der Waals surface area contributed by atoms with Crippen LogP contribution in [0, 0.1) is 16.0 Å². The number of pyridine rings is 1. The van der Waals surface area contributed by atoms with E-state index in [1.807, 2.05) is 6.07 Å². The number of aliphatic hydroxyl groups is 1. The molecule has 1 N–H and O–H groups in total. The van der Waals surface area contributed by atoms with Gasteiger partial charge in [-0.15, -0.1) is 0 Å². The van der Waals surface area contributed by atoms with Gasteiger partial charge in [-0.05, 0) is 37.0 Å². The minimum Gasteiger partial charge on any atom is -0.386 e. The van der Waals surface area contributed by atoms with Crippen LogP contribution >= 0.6 is 0 Å². The average Bonchev–Trinajstić information content (AvgIpc) is 3.27. The molecule has 1 aliphatic carbocycles. The maximum atomic E-state index is 11.1. The number of fused-ring (bicyclic) bond motifs is 1. The molecule has 0 unspecified atom stereocenters. The van der Waals surface area contributed by atoms with E-state index < -0.39 is 10.5 Å². The smallest absolute Gasteiger partial charge is 0.295 e. The molecule has 1 aliphatic heterocycles. The van der Waals surface area contributed by atoms with Crippen LogP contribution in [0.2, 0.25) is 0 Å². The second-order valence-corrected chi connectivity index (χ2v) is 5.99. The van der Waals surface area contributed by atoms with Gasteiger partial charge in [-0.3, -0.25) is 10.1 Å². The van der Waals surface area contributed by atoms with Gasteiger partial charge in [-0.2, -0.15) is 0 Å². The van der Waals surface area contributed by atoms with Crippen LogP contribution < -0.4 is 4.90 Å². The van der Waals surface area contributed by atoms with Gasteiger partial charge in [0.15, 0.2) is 0 Å². The molecule has 0 bridgehead atoms. The van der Waals surface area contributed by atoms with Crippen LogP contribution in [0.15, 0.2) is 30.5 Å². The van der Waals surface area contributed by atoms with E-state index in [1.165, 1.54) is 6.07 Å². The highest BCUT2D eigenvalue weighted by Gasteiger charge is 2.52. The summed E-state index contributed by atoms with van der Waals surface area (Å²) in [6.07, 6.45) is 3.77. The standard InChI is InChI=1S/C15H15N3O3/c19-15(10-3-4-10)8-17(9-15)12-5-6-13(18(20)21)14-11(12)2-1-7-16-14/h1-2,5-7,10,19H,3-4,8-9H2. The number of nitrogens with zero attached hydrogens (tertiary/aromatic N) is 3. The topological polar surface area (TPSA) is 79.5 Å². The highest BCUT2D eigenvalue weighted by molar-refractivity contribution is 5.97. The molecule has 21 heavy (non-hydrogen) atoms. The number of β-amino-alcohol motifs (C(OH)–C–C–N with tert-alkyl or cyclic N) is 1. The minimum absolute atomic E-state index is 0.0207. The largest absolute Gasteiger partial charge is 0.386 e. The molecule has 0 atom stereocenters. The number of rotatable bonds is 3. The first-order chi connectivity index (χ1) is 10.1. The van der Waals surface area contributed by atoms with Crippen molar-refractivity contribution in [3.05, 3.63) is 40.6 Å². The normalized spacial score (nSPS) is 20.3. The lowest BCUT2D eigenvalue weighted by Crippen LogP contribution is -2.63. The number of nitro benzene ring substituents is 1. The van der Waals surface area contributed by atoms with Crippen molar-refractivity contribution in [2.45, 2.75) is 18.4 Å². The second-order valence-electron chi connectivity index (χ2n) is 5.99. The summed E-state index contributed by atoms with van der Waals surface area (Å²) in [5.41, 5.74) is 0.763. The summed E-state index contributed by atoms with van der Waals surface area (Å²) >= 11 is 0. The fraction of sp³-hybridized carbons (Fsp3) is 0.400. The van der Waals surface area contributed by atoms with Crippen LogP contribution in [0.4, 0.5) is 11.4 Å². The molecule has 0 spiro atoms. The summed E-state index contributed by atoms with van der Waals surface area (Å²) in [5.74, 6) is 0.427. The van der Waals surface area contributed by atoms with E-state index in [9.17, 15) is 15.2 Å². The average molecular weight is 285 g/mol. The van der Waals surface area contributed by atoms with Crippen LogP contribution in [0.3, 0.4) is 0 Å². The number of benzene rings is 1. The molecule has 2 fully saturated rings. The van der Waals surface area contributed by atoms with Crippen molar-refractivity contribution < 1.29 is 10.0 Å². The van der Waals surface area contributed by atoms with E-state index in [-0.39, 0.29) is 5.69 Å². The maximum absolute atomic E-state index is 11.1. The quantitative estimate of drug-likeness (QED) is 0.690. The Morgan fingerprint density at radius 2 is 2.10 bits per heavy atom. The molecule has 1 aromatic heterocycles. The Morgan fingerprint density at radius 3 is 2.76 bits per heavy atom. The van der Waals surface area contributed by atoms with Crippen LogP contribution in [0.1, 0.15) is 12.8 Å². The van der Waals surface area contributed by atoms with E-state index in [1.54, 1.807) is 18.3 Å². The third-order valence-electron chi connectivity index (χ3n) is 4.53. The Morgan fingerprint density at radius 1 is 1.33 bits per heavy atom. The van der Waals surface area contributed by atoms with Gasteiger partial charge in [-0.1, -0.05) is 0 Å². The molecule has 0 radical (unpaired) electrons. The van der Waals surface area contributed by atoms with Gasteiger partial charge in [0.05, 0.1) is 4.92 Å². The predicted molar refractivity (Wildman–Crippen MR) is 78.3 cm³/mol. The number of anilines is 1. The zero-order chi connectivity index (χ0) is 14.6. The zero-order valence-corrected chi connectivity index (χ0v) is 11.4. The number of hydrogen-bond donors (Lipinski definition) is 1. The highest BCUT2D eigenvalue weighted by atomic mass is 16.6. The minimum atomic E-state index is -0.573. The Labute approximate surface area is 121 Å². The Hall–Kier alpha value is -2.21. The number of nitro groups is 1. The van der Waals surface area contributed by atoms with Crippen molar-refractivity contribution in [1.82, 2.24) is 4.98 Å². The summed E-state index contributed by atoms with van der Waals surface area (Å²) in [4.78, 5) is 16.9. The van der Waals surface area contributed by atoms with Crippen molar-refractivity contribution in [2.75, 3.05) is 18.0 Å². The first-order valence-corrected chi connectivity index (χ1v) is 7.08. The molecule has 6 heteroatoms. The zero-order valence-electron chi connectivity index (χ0n) is 11.4. The lowest BCUT2D eigenvalue weighted by Gasteiger charge is -2.48. The molecule has 6 nitrogen and oxygen atoms in total. The summed E-state index contributed by atoms with van der Waals surface area (Å²) in [6.45, 7) is 1.19. The van der Waals surface area contributed by atoms with E-state index >= 15 is 0 Å². The molecule has 2 aliphatic rings. The van der Waals surface area contributed by atoms with E-state index in [2.05, 4.69) is 9.88 Å². The van der Waals surface area contributed by atoms with Crippen LogP contribution in [0.25, 0.3) is 10.9 Å². The molecular weight excluding hydrogens is 270 g/mol. The lowest BCUT2D eigenvalue weighted by atomic mass is 9.88. The van der Waals surface area contributed by atoms with Crippen molar-refractivity contribution in [1.29, 1.82) is 0 Å². The van der Waals surface area contributed by atoms with Gasteiger partial charge in [0, 0.05) is 36.4 Å². The fourth-order valence-corrected chi connectivity index (χ4v) is 3.23. The number of hydrogen-bond acceptors (Lipinski definition) is 5. The molecule has 0 amide bonds. The van der Waals surface area contributed by atoms with Gasteiger partial charge in [0.2, 0.25) is 0 Å². The molecular formula is C15H15N3O3. The van der Waals surface area contributed by atoms with Gasteiger partial charge >= 0.3 is 0 Å². The van der Waals surface area contributed by atoms with Crippen LogP contribution in [-0.4, -0.2) is 33.7 Å². The van der Waals surface area contributed by atoms with Crippen molar-refractivity contribution >= 4 is 22.3 Å². The van der Waals surface area contributed by atoms with E-state index in [4.69, 9.17) is 0 Å². The molecule has 108 valence electrons. The number of aromatic nitrogens is 1. The summed E-state index contributed by atoms with van der Waals surface area (Å²) in [7, 11) is 0. The predicted octanol–water partition coefficient (Wildman–Crippen LogP) is 2.10. The molecule has 2 aromatic rings. The first-order valence-electron chi connectivity index (χ1n) is 7.08. The summed E-state index contributed by atoms with van der Waals surface area (Å²) in [6, 6.07) is 6.88. The Kier molecular flexibility index (Phi) is 2.47. The van der Waals surface area contributed by atoms with Crippen LogP contribution in [0.5, 0.6) is 0 Å². The first kappa shape index (κ1) is 12.5. The fourth-order valence-electron chi connectivity index (χ4n) is 3.23. The SMILES string of the molecule is O=[N+]([O-])c1ccc(N2CC(O)(C3CC3)C2)c2cccnc12. The monoisotopic (exact) mass is 285 g/mol. The molecule has 2 heterocycles. The maximum Gasteiger partial charge on any atom is 0.295 e. The van der Waals surface area contributed by atoms with E-state index in [0.29, 0.717) is 24.5 Å². The third-order valence-corrected chi connectivity index (χ3v) is 4.53. The van der Waals surface area contributed by atoms with Gasteiger partial charge < -0.3 is 10.0 Å². The second kappa shape index (κ2) is 4.14. The van der Waals surface area contributed by atoms with Crippen molar-refractivity contribution in [3.63, 3.8) is 0 Å². The van der Waals surface area contributed by atoms with Gasteiger partial charge in [0.25, 0.3) is 5.69 Å². The summed E-state index contributed by atoms with van der Waals surface area (Å²) in [5, 5.41) is 22.3. The summed E-state index contributed by atoms with van der Waals surface area (Å²) < 4.78 is 0. The Balaban J connectivity index is 1.74. The molecule has 4 rings (SSSR count). The Bertz CT molecular complexity index is 736. The molecule has 1 saturated heterocycles. The van der Waals surface area contributed by atoms with Gasteiger partial charge in [-0.25, -0.2) is 4.98 Å².